The minimum atomic E-state index is -3.74. The van der Waals surface area contributed by atoms with E-state index in [-0.39, 0.29) is 15.6 Å². The van der Waals surface area contributed by atoms with Crippen molar-refractivity contribution >= 4 is 43.1 Å². The van der Waals surface area contributed by atoms with Crippen LogP contribution in [0.1, 0.15) is 18.5 Å². The molecule has 0 radical (unpaired) electrons. The maximum Gasteiger partial charge on any atom is 0.241 e. The number of halogens is 1. The number of hydrogen-bond donors (Lipinski definition) is 1. The normalized spacial score (nSPS) is 13.0. The number of carbonyl (C=O) groups is 1. The molecule has 0 fully saturated rings. The fourth-order valence-corrected chi connectivity index (χ4v) is 4.33. The van der Waals surface area contributed by atoms with Gasteiger partial charge in [0.25, 0.3) is 0 Å². The minimum Gasteiger partial charge on any atom is -0.348 e. The van der Waals surface area contributed by atoms with Crippen LogP contribution in [-0.2, 0) is 24.7 Å². The molecule has 0 saturated carbocycles. The molecule has 0 aliphatic carbocycles. The second-order valence-corrected chi connectivity index (χ2v) is 10.7. The van der Waals surface area contributed by atoms with Gasteiger partial charge in [0.1, 0.15) is 6.54 Å². The number of hydrogen-bond acceptors (Lipinski definition) is 5. The Balaban J connectivity index is 2.15. The fourth-order valence-electron chi connectivity index (χ4n) is 2.54. The van der Waals surface area contributed by atoms with Gasteiger partial charge in [-0.15, -0.1) is 0 Å². The molecular weight excluding hydrogens is 424 g/mol. The van der Waals surface area contributed by atoms with Gasteiger partial charge in [0.05, 0.1) is 27.9 Å². The third-order valence-corrected chi connectivity index (χ3v) is 6.57. The summed E-state index contributed by atoms with van der Waals surface area (Å²) in [7, 11) is -7.05. The van der Waals surface area contributed by atoms with E-state index in [0.717, 1.165) is 16.8 Å². The zero-order valence-corrected chi connectivity index (χ0v) is 18.0. The van der Waals surface area contributed by atoms with E-state index in [1.807, 2.05) is 0 Å². The molecule has 2 aromatic rings. The summed E-state index contributed by atoms with van der Waals surface area (Å²) in [5.41, 5.74) is 0.899. The van der Waals surface area contributed by atoms with Crippen molar-refractivity contribution in [3.05, 3.63) is 59.1 Å². The smallest absolute Gasteiger partial charge is 0.241 e. The fraction of sp³-hybridized carbons (Fsp3) is 0.278. The minimum absolute atomic E-state index is 0.178. The first-order valence-corrected chi connectivity index (χ1v) is 12.3. The topological polar surface area (TPSA) is 101 Å². The quantitative estimate of drug-likeness (QED) is 0.706. The van der Waals surface area contributed by atoms with E-state index in [1.165, 1.54) is 18.2 Å². The van der Waals surface area contributed by atoms with Gasteiger partial charge < -0.3 is 5.32 Å². The number of para-hydroxylation sites is 1. The van der Waals surface area contributed by atoms with Crippen molar-refractivity contribution in [3.63, 3.8) is 0 Å². The van der Waals surface area contributed by atoms with Crippen molar-refractivity contribution in [2.75, 3.05) is 23.4 Å². The zero-order valence-electron chi connectivity index (χ0n) is 15.6. The lowest BCUT2D eigenvalue weighted by Gasteiger charge is -2.24. The molecule has 0 unspecified atom stereocenters. The highest BCUT2D eigenvalue weighted by Crippen LogP contribution is 2.27. The maximum atomic E-state index is 12.4. The predicted molar refractivity (Wildman–Crippen MR) is 110 cm³/mol. The molecule has 28 heavy (non-hydrogen) atoms. The zero-order chi connectivity index (χ0) is 21.1. The number of carbonyl (C=O) groups excluding carboxylic acids is 1. The standard InChI is InChI=1S/C18H21ClN2O5S2/c1-13(14-8-10-15(11-9-14)27(2,23)24)20-18(22)12-21(28(3,25)26)17-7-5-4-6-16(17)19/h4-11,13H,12H2,1-3H3,(H,20,22)/t13-/m0/s1. The molecule has 0 bridgehead atoms. The summed E-state index contributed by atoms with van der Waals surface area (Å²) in [5, 5.41) is 2.92. The third kappa shape index (κ3) is 5.70. The first-order chi connectivity index (χ1) is 12.9. The van der Waals surface area contributed by atoms with Gasteiger partial charge in [-0.2, -0.15) is 0 Å². The second-order valence-electron chi connectivity index (χ2n) is 6.35. The van der Waals surface area contributed by atoms with E-state index in [4.69, 9.17) is 11.6 Å². The SMILES string of the molecule is C[C@H](NC(=O)CN(c1ccccc1Cl)S(C)(=O)=O)c1ccc(S(C)(=O)=O)cc1. The molecular formula is C18H21ClN2O5S2. The summed E-state index contributed by atoms with van der Waals surface area (Å²) in [5.74, 6) is -0.523. The van der Waals surface area contributed by atoms with Crippen molar-refractivity contribution < 1.29 is 21.6 Å². The average Bonchev–Trinajstić information content (AvgIpc) is 2.59. The number of sulfonamides is 1. The molecule has 0 heterocycles. The van der Waals surface area contributed by atoms with Crippen LogP contribution in [0.4, 0.5) is 5.69 Å². The number of amides is 1. The van der Waals surface area contributed by atoms with Gasteiger partial charge in [-0.05, 0) is 36.8 Å². The van der Waals surface area contributed by atoms with Crippen LogP contribution >= 0.6 is 11.6 Å². The molecule has 2 aromatic carbocycles. The van der Waals surface area contributed by atoms with E-state index in [1.54, 1.807) is 37.3 Å². The van der Waals surface area contributed by atoms with Crippen LogP contribution in [0.5, 0.6) is 0 Å². The van der Waals surface area contributed by atoms with Gasteiger partial charge in [-0.1, -0.05) is 35.9 Å². The van der Waals surface area contributed by atoms with Gasteiger partial charge in [-0.25, -0.2) is 16.8 Å². The van der Waals surface area contributed by atoms with E-state index in [2.05, 4.69) is 5.32 Å². The molecule has 0 aromatic heterocycles. The first-order valence-electron chi connectivity index (χ1n) is 8.21. The number of rotatable bonds is 7. The largest absolute Gasteiger partial charge is 0.348 e. The molecule has 0 aliphatic rings. The van der Waals surface area contributed by atoms with Crippen LogP contribution in [0, 0.1) is 0 Å². The number of sulfone groups is 1. The molecule has 1 amide bonds. The summed E-state index contributed by atoms with van der Waals surface area (Å²) >= 11 is 6.07. The van der Waals surface area contributed by atoms with E-state index in [0.29, 0.717) is 5.56 Å². The molecule has 10 heteroatoms. The van der Waals surface area contributed by atoms with Crippen molar-refractivity contribution in [2.45, 2.75) is 17.9 Å². The molecule has 152 valence electrons. The Morgan fingerprint density at radius 2 is 1.61 bits per heavy atom. The molecule has 0 saturated heterocycles. The lowest BCUT2D eigenvalue weighted by atomic mass is 10.1. The van der Waals surface area contributed by atoms with Crippen molar-refractivity contribution in [1.82, 2.24) is 5.32 Å². The number of anilines is 1. The van der Waals surface area contributed by atoms with Crippen LogP contribution in [0.3, 0.4) is 0 Å². The van der Waals surface area contributed by atoms with Crippen molar-refractivity contribution in [3.8, 4) is 0 Å². The van der Waals surface area contributed by atoms with Gasteiger partial charge in [-0.3, -0.25) is 9.10 Å². The monoisotopic (exact) mass is 444 g/mol. The number of benzene rings is 2. The third-order valence-electron chi connectivity index (χ3n) is 3.99. The maximum absolute atomic E-state index is 12.4. The van der Waals surface area contributed by atoms with Crippen LogP contribution in [0.15, 0.2) is 53.4 Å². The average molecular weight is 445 g/mol. The van der Waals surface area contributed by atoms with Gasteiger partial charge in [0.2, 0.25) is 15.9 Å². The van der Waals surface area contributed by atoms with Crippen molar-refractivity contribution in [2.24, 2.45) is 0 Å². The van der Waals surface area contributed by atoms with E-state index in [9.17, 15) is 21.6 Å². The summed E-state index contributed by atoms with van der Waals surface area (Å²) in [6, 6.07) is 12.0. The Kier molecular flexibility index (Phi) is 6.74. The summed E-state index contributed by atoms with van der Waals surface area (Å²) in [6.45, 7) is 1.28. The second kappa shape index (κ2) is 8.50. The van der Waals surface area contributed by atoms with Gasteiger partial charge >= 0.3 is 0 Å². The van der Waals surface area contributed by atoms with Crippen LogP contribution < -0.4 is 9.62 Å². The van der Waals surface area contributed by atoms with E-state index >= 15 is 0 Å². The van der Waals surface area contributed by atoms with Crippen LogP contribution in [-0.4, -0.2) is 41.8 Å². The number of nitrogens with one attached hydrogen (secondary N) is 1. The Hall–Kier alpha value is -2.10. The highest BCUT2D eigenvalue weighted by molar-refractivity contribution is 7.92. The lowest BCUT2D eigenvalue weighted by molar-refractivity contribution is -0.120. The Morgan fingerprint density at radius 3 is 2.11 bits per heavy atom. The molecule has 7 nitrogen and oxygen atoms in total. The Bertz CT molecular complexity index is 1070. The predicted octanol–water partition coefficient (Wildman–Crippen LogP) is 2.39. The summed E-state index contributed by atoms with van der Waals surface area (Å²) in [6.07, 6.45) is 2.11. The Labute approximate surface area is 170 Å². The van der Waals surface area contributed by atoms with Crippen LogP contribution in [0.25, 0.3) is 0 Å². The van der Waals surface area contributed by atoms with Gasteiger partial charge in [0, 0.05) is 6.26 Å². The summed E-state index contributed by atoms with van der Waals surface area (Å²) < 4.78 is 48.3. The highest BCUT2D eigenvalue weighted by atomic mass is 35.5. The summed E-state index contributed by atoms with van der Waals surface area (Å²) in [4.78, 5) is 12.6. The molecule has 0 spiro atoms. The van der Waals surface area contributed by atoms with Crippen LogP contribution in [0.2, 0.25) is 5.02 Å². The first kappa shape index (κ1) is 22.2. The van der Waals surface area contributed by atoms with E-state index < -0.39 is 38.4 Å². The molecule has 1 N–H and O–H groups in total. The molecule has 1 atom stereocenters. The number of nitrogens with zero attached hydrogens (tertiary/aromatic N) is 1. The molecule has 0 aliphatic heterocycles. The Morgan fingerprint density at radius 1 is 1.04 bits per heavy atom. The van der Waals surface area contributed by atoms with Gasteiger partial charge in [0.15, 0.2) is 9.84 Å². The highest BCUT2D eigenvalue weighted by Gasteiger charge is 2.23. The lowest BCUT2D eigenvalue weighted by Crippen LogP contribution is -2.41. The molecule has 2 rings (SSSR count). The van der Waals surface area contributed by atoms with Crippen molar-refractivity contribution in [1.29, 1.82) is 0 Å².